The third-order valence-electron chi connectivity index (χ3n) is 2.58. The van der Waals surface area contributed by atoms with Crippen molar-refractivity contribution >= 4 is 11.8 Å². The quantitative estimate of drug-likeness (QED) is 0.799. The van der Waals surface area contributed by atoms with E-state index >= 15 is 0 Å². The van der Waals surface area contributed by atoms with Crippen LogP contribution in [0.15, 0.2) is 29.2 Å². The second-order valence-electron chi connectivity index (χ2n) is 3.77. The van der Waals surface area contributed by atoms with Gasteiger partial charge in [0.15, 0.2) is 0 Å². The molecular formula is C11H12F3NS. The highest BCUT2D eigenvalue weighted by Gasteiger charge is 2.29. The van der Waals surface area contributed by atoms with E-state index in [0.29, 0.717) is 6.04 Å². The molecule has 1 heterocycles. The first kappa shape index (κ1) is 11.8. The van der Waals surface area contributed by atoms with Gasteiger partial charge in [-0.05, 0) is 48.8 Å². The number of thioether (sulfide) groups is 1. The second-order valence-corrected chi connectivity index (χ2v) is 4.90. The average Bonchev–Trinajstić information content (AvgIpc) is 2.69. The summed E-state index contributed by atoms with van der Waals surface area (Å²) >= 11 is -0.0684. The van der Waals surface area contributed by atoms with Crippen LogP contribution in [0.3, 0.4) is 0 Å². The summed E-state index contributed by atoms with van der Waals surface area (Å²) in [4.78, 5) is 0.245. The zero-order valence-corrected chi connectivity index (χ0v) is 9.37. The highest BCUT2D eigenvalue weighted by atomic mass is 32.2. The number of alkyl halides is 3. The molecule has 1 unspecified atom stereocenters. The molecule has 1 aromatic carbocycles. The van der Waals surface area contributed by atoms with Gasteiger partial charge in [0.25, 0.3) is 0 Å². The lowest BCUT2D eigenvalue weighted by molar-refractivity contribution is -0.0328. The van der Waals surface area contributed by atoms with Crippen LogP contribution in [0.25, 0.3) is 0 Å². The lowest BCUT2D eigenvalue weighted by atomic mass is 10.1. The Kier molecular flexibility index (Phi) is 3.44. The van der Waals surface area contributed by atoms with E-state index < -0.39 is 5.51 Å². The molecule has 88 valence electrons. The Hall–Kier alpha value is -0.680. The molecule has 1 N–H and O–H groups in total. The van der Waals surface area contributed by atoms with Crippen molar-refractivity contribution < 1.29 is 13.2 Å². The molecular weight excluding hydrogens is 235 g/mol. The fraction of sp³-hybridized carbons (Fsp3) is 0.455. The fourth-order valence-corrected chi connectivity index (χ4v) is 2.41. The monoisotopic (exact) mass is 247 g/mol. The lowest BCUT2D eigenvalue weighted by Crippen LogP contribution is -2.12. The molecule has 0 radical (unpaired) electrons. The van der Waals surface area contributed by atoms with Crippen molar-refractivity contribution in [1.29, 1.82) is 0 Å². The lowest BCUT2D eigenvalue weighted by Gasteiger charge is -2.11. The first-order chi connectivity index (χ1) is 7.54. The molecule has 16 heavy (non-hydrogen) atoms. The van der Waals surface area contributed by atoms with Crippen LogP contribution in [0.1, 0.15) is 24.4 Å². The SMILES string of the molecule is FC(F)(F)Sc1ccc(C2CCCN2)cc1. The van der Waals surface area contributed by atoms with Crippen LogP contribution in [0.4, 0.5) is 13.2 Å². The predicted molar refractivity (Wildman–Crippen MR) is 58.3 cm³/mol. The number of hydrogen-bond donors (Lipinski definition) is 1. The van der Waals surface area contributed by atoms with E-state index in [-0.39, 0.29) is 16.7 Å². The molecule has 0 aliphatic carbocycles. The van der Waals surface area contributed by atoms with Crippen molar-refractivity contribution in [3.05, 3.63) is 29.8 Å². The molecule has 0 bridgehead atoms. The van der Waals surface area contributed by atoms with Gasteiger partial charge in [-0.1, -0.05) is 12.1 Å². The molecule has 0 amide bonds. The summed E-state index contributed by atoms with van der Waals surface area (Å²) < 4.78 is 36.3. The van der Waals surface area contributed by atoms with Gasteiger partial charge >= 0.3 is 5.51 Å². The van der Waals surface area contributed by atoms with Crippen LogP contribution in [-0.2, 0) is 0 Å². The minimum atomic E-state index is -4.20. The molecule has 1 nitrogen and oxygen atoms in total. The van der Waals surface area contributed by atoms with Gasteiger partial charge in [-0.3, -0.25) is 0 Å². The van der Waals surface area contributed by atoms with Gasteiger partial charge in [-0.15, -0.1) is 0 Å². The van der Waals surface area contributed by atoms with Gasteiger partial charge in [0, 0.05) is 10.9 Å². The van der Waals surface area contributed by atoms with E-state index in [1.54, 1.807) is 12.1 Å². The Bertz CT molecular complexity index is 341. The molecule has 1 aliphatic heterocycles. The Morgan fingerprint density at radius 1 is 1.19 bits per heavy atom. The van der Waals surface area contributed by atoms with Crippen molar-refractivity contribution in [2.24, 2.45) is 0 Å². The van der Waals surface area contributed by atoms with Gasteiger partial charge in [0.05, 0.1) is 0 Å². The maximum Gasteiger partial charge on any atom is 0.446 e. The number of benzene rings is 1. The summed E-state index contributed by atoms with van der Waals surface area (Å²) in [7, 11) is 0. The summed E-state index contributed by atoms with van der Waals surface area (Å²) in [5.41, 5.74) is -3.13. The molecule has 0 spiro atoms. The van der Waals surface area contributed by atoms with Crippen molar-refractivity contribution in [2.75, 3.05) is 6.54 Å². The minimum Gasteiger partial charge on any atom is -0.310 e. The smallest absolute Gasteiger partial charge is 0.310 e. The first-order valence-electron chi connectivity index (χ1n) is 5.14. The van der Waals surface area contributed by atoms with E-state index in [1.165, 1.54) is 12.1 Å². The summed E-state index contributed by atoms with van der Waals surface area (Å²) in [6, 6.07) is 6.93. The fourth-order valence-electron chi connectivity index (χ4n) is 1.87. The third kappa shape index (κ3) is 3.15. The molecule has 0 saturated carbocycles. The van der Waals surface area contributed by atoms with Crippen LogP contribution in [0.5, 0.6) is 0 Å². The van der Waals surface area contributed by atoms with Gasteiger partial charge < -0.3 is 5.32 Å². The predicted octanol–water partition coefficient (Wildman–Crippen LogP) is 3.72. The molecule has 1 aliphatic rings. The van der Waals surface area contributed by atoms with Gasteiger partial charge in [-0.2, -0.15) is 13.2 Å². The molecule has 1 aromatic rings. The van der Waals surface area contributed by atoms with E-state index in [2.05, 4.69) is 5.32 Å². The van der Waals surface area contributed by atoms with E-state index in [4.69, 9.17) is 0 Å². The molecule has 5 heteroatoms. The average molecular weight is 247 g/mol. The van der Waals surface area contributed by atoms with E-state index in [0.717, 1.165) is 24.9 Å². The second kappa shape index (κ2) is 4.67. The minimum absolute atomic E-state index is 0.0684. The maximum absolute atomic E-state index is 12.1. The van der Waals surface area contributed by atoms with Crippen LogP contribution in [0.2, 0.25) is 0 Å². The first-order valence-corrected chi connectivity index (χ1v) is 5.95. The highest BCUT2D eigenvalue weighted by molar-refractivity contribution is 8.00. The van der Waals surface area contributed by atoms with Crippen molar-refractivity contribution in [3.63, 3.8) is 0 Å². The van der Waals surface area contributed by atoms with Crippen LogP contribution in [0, 0.1) is 0 Å². The molecule has 1 saturated heterocycles. The normalized spacial score (nSPS) is 21.3. The molecule has 0 aromatic heterocycles. The topological polar surface area (TPSA) is 12.0 Å². The summed E-state index contributed by atoms with van der Waals surface area (Å²) in [6.07, 6.45) is 2.19. The zero-order chi connectivity index (χ0) is 11.6. The van der Waals surface area contributed by atoms with Gasteiger partial charge in [0.1, 0.15) is 0 Å². The van der Waals surface area contributed by atoms with Crippen molar-refractivity contribution in [3.8, 4) is 0 Å². The number of nitrogens with one attached hydrogen (secondary N) is 1. The Morgan fingerprint density at radius 3 is 2.38 bits per heavy atom. The van der Waals surface area contributed by atoms with Crippen LogP contribution in [-0.4, -0.2) is 12.1 Å². The zero-order valence-electron chi connectivity index (χ0n) is 8.55. The molecule has 1 atom stereocenters. The Labute approximate surface area is 96.4 Å². The summed E-state index contributed by atoms with van der Waals surface area (Å²) in [5, 5.41) is 3.31. The maximum atomic E-state index is 12.1. The standard InChI is InChI=1S/C11H12F3NS/c12-11(13,14)16-9-5-3-8(4-6-9)10-2-1-7-15-10/h3-6,10,15H,1-2,7H2. The Balaban J connectivity index is 2.04. The number of hydrogen-bond acceptors (Lipinski definition) is 2. The number of rotatable bonds is 2. The van der Waals surface area contributed by atoms with E-state index in [1.807, 2.05) is 0 Å². The summed E-state index contributed by atoms with van der Waals surface area (Å²) in [5.74, 6) is 0. The largest absolute Gasteiger partial charge is 0.446 e. The molecule has 2 rings (SSSR count). The van der Waals surface area contributed by atoms with Gasteiger partial charge in [0.2, 0.25) is 0 Å². The molecule has 1 fully saturated rings. The van der Waals surface area contributed by atoms with E-state index in [9.17, 15) is 13.2 Å². The Morgan fingerprint density at radius 2 is 1.88 bits per heavy atom. The van der Waals surface area contributed by atoms with Crippen LogP contribution < -0.4 is 5.32 Å². The number of halogens is 3. The van der Waals surface area contributed by atoms with Crippen LogP contribution >= 0.6 is 11.8 Å². The summed E-state index contributed by atoms with van der Waals surface area (Å²) in [6.45, 7) is 0.990. The van der Waals surface area contributed by atoms with Gasteiger partial charge in [-0.25, -0.2) is 0 Å². The van der Waals surface area contributed by atoms with Crippen molar-refractivity contribution in [2.45, 2.75) is 29.3 Å². The van der Waals surface area contributed by atoms with Crippen molar-refractivity contribution in [1.82, 2.24) is 5.32 Å². The third-order valence-corrected chi connectivity index (χ3v) is 3.32. The highest BCUT2D eigenvalue weighted by Crippen LogP contribution is 2.37.